The van der Waals surface area contributed by atoms with Crippen LogP contribution in [0.1, 0.15) is 33.1 Å². The van der Waals surface area contributed by atoms with E-state index in [1.165, 1.54) is 0 Å². The second kappa shape index (κ2) is 9.66. The molecule has 4 aromatic carbocycles. The van der Waals surface area contributed by atoms with Gasteiger partial charge in [-0.3, -0.25) is 9.59 Å². The minimum absolute atomic E-state index is 0.0655. The van der Waals surface area contributed by atoms with Gasteiger partial charge in [0.25, 0.3) is 5.91 Å². The summed E-state index contributed by atoms with van der Waals surface area (Å²) >= 11 is 0. The Morgan fingerprint density at radius 2 is 1.57 bits per heavy atom. The number of nitrogens with zero attached hydrogens (tertiary/aromatic N) is 1. The number of H-pyrrole nitrogens is 1. The molecule has 2 heterocycles. The van der Waals surface area contributed by atoms with Crippen LogP contribution in [0.25, 0.3) is 10.9 Å². The first kappa shape index (κ1) is 22.6. The first-order chi connectivity index (χ1) is 18.2. The van der Waals surface area contributed by atoms with Crippen molar-refractivity contribution in [1.82, 2.24) is 9.88 Å². The van der Waals surface area contributed by atoms with Crippen molar-refractivity contribution in [3.05, 3.63) is 132 Å². The topological polar surface area (TPSA) is 74.4 Å². The van der Waals surface area contributed by atoms with Gasteiger partial charge in [-0.1, -0.05) is 66.7 Å². The highest BCUT2D eigenvalue weighted by molar-refractivity contribution is 6.04. The van der Waals surface area contributed by atoms with E-state index < -0.39 is 0 Å². The molecule has 0 aliphatic carbocycles. The number of para-hydroxylation sites is 1. The van der Waals surface area contributed by atoms with Crippen molar-refractivity contribution in [2.75, 3.05) is 11.9 Å². The van der Waals surface area contributed by atoms with Gasteiger partial charge in [0.2, 0.25) is 5.91 Å². The first-order valence-electron chi connectivity index (χ1n) is 12.2. The summed E-state index contributed by atoms with van der Waals surface area (Å²) < 4.78 is 5.83. The van der Waals surface area contributed by atoms with Gasteiger partial charge in [-0.25, -0.2) is 0 Å². The second-order valence-corrected chi connectivity index (χ2v) is 9.06. The lowest BCUT2D eigenvalue weighted by Crippen LogP contribution is -2.36. The van der Waals surface area contributed by atoms with Gasteiger partial charge in [-0.2, -0.15) is 0 Å². The zero-order valence-electron chi connectivity index (χ0n) is 20.1. The molecule has 1 atom stereocenters. The van der Waals surface area contributed by atoms with E-state index in [1.54, 1.807) is 17.0 Å². The van der Waals surface area contributed by atoms with E-state index in [2.05, 4.69) is 10.3 Å². The van der Waals surface area contributed by atoms with Crippen LogP contribution in [0.3, 0.4) is 0 Å². The van der Waals surface area contributed by atoms with E-state index in [9.17, 15) is 9.59 Å². The van der Waals surface area contributed by atoms with Crippen LogP contribution < -0.4 is 10.1 Å². The number of carbonyl (C=O) groups is 2. The molecule has 6 nitrogen and oxygen atoms in total. The summed E-state index contributed by atoms with van der Waals surface area (Å²) in [6.07, 6.45) is 1.93. The zero-order chi connectivity index (χ0) is 25.2. The molecule has 1 aromatic heterocycles. The maximum absolute atomic E-state index is 13.4. The average molecular weight is 488 g/mol. The maximum Gasteiger partial charge on any atom is 0.255 e. The number of aromatic nitrogens is 1. The smallest absolute Gasteiger partial charge is 0.255 e. The van der Waals surface area contributed by atoms with Gasteiger partial charge < -0.3 is 19.9 Å². The van der Waals surface area contributed by atoms with Crippen molar-refractivity contribution in [2.24, 2.45) is 0 Å². The molecule has 6 heteroatoms. The maximum atomic E-state index is 13.4. The first-order valence-corrected chi connectivity index (χ1v) is 12.2. The Hall–Kier alpha value is -4.84. The molecule has 0 saturated heterocycles. The normalized spacial score (nSPS) is 14.5. The molecule has 1 aliphatic rings. The molecule has 5 aromatic rings. The van der Waals surface area contributed by atoms with Gasteiger partial charge in [-0.15, -0.1) is 0 Å². The lowest BCUT2D eigenvalue weighted by Gasteiger charge is -2.25. The van der Waals surface area contributed by atoms with Gasteiger partial charge in [0.15, 0.2) is 0 Å². The number of hydrogen-bond acceptors (Lipinski definition) is 3. The van der Waals surface area contributed by atoms with Gasteiger partial charge in [0, 0.05) is 33.9 Å². The third kappa shape index (κ3) is 4.45. The molecule has 182 valence electrons. The Balaban J connectivity index is 1.18. The third-order valence-electron chi connectivity index (χ3n) is 6.67. The van der Waals surface area contributed by atoms with Crippen molar-refractivity contribution < 1.29 is 14.3 Å². The van der Waals surface area contributed by atoms with E-state index in [1.807, 2.05) is 97.2 Å². The van der Waals surface area contributed by atoms with Crippen molar-refractivity contribution >= 4 is 28.4 Å². The fourth-order valence-electron chi connectivity index (χ4n) is 4.92. The predicted molar refractivity (Wildman–Crippen MR) is 143 cm³/mol. The molecule has 1 unspecified atom stereocenters. The summed E-state index contributed by atoms with van der Waals surface area (Å²) in [5, 5.41) is 3.96. The Labute approximate surface area is 214 Å². The van der Waals surface area contributed by atoms with Crippen molar-refractivity contribution in [2.45, 2.75) is 12.6 Å². The highest BCUT2D eigenvalue weighted by atomic mass is 16.5. The summed E-state index contributed by atoms with van der Waals surface area (Å²) in [6.45, 7) is 0.406. The molecule has 0 fully saturated rings. The van der Waals surface area contributed by atoms with Crippen LogP contribution in [0.4, 0.5) is 5.69 Å². The van der Waals surface area contributed by atoms with Crippen LogP contribution in [-0.2, 0) is 11.4 Å². The summed E-state index contributed by atoms with van der Waals surface area (Å²) in [5.74, 6) is 0.307. The van der Waals surface area contributed by atoms with E-state index in [0.29, 0.717) is 23.6 Å². The van der Waals surface area contributed by atoms with Gasteiger partial charge in [0.05, 0.1) is 6.04 Å². The number of aromatic amines is 1. The quantitative estimate of drug-likeness (QED) is 0.299. The monoisotopic (exact) mass is 487 g/mol. The summed E-state index contributed by atoms with van der Waals surface area (Å²) in [4.78, 5) is 31.4. The molecule has 2 N–H and O–H groups in total. The van der Waals surface area contributed by atoms with Crippen LogP contribution in [0.2, 0.25) is 0 Å². The highest BCUT2D eigenvalue weighted by Gasteiger charge is 2.39. The van der Waals surface area contributed by atoms with E-state index in [4.69, 9.17) is 4.74 Å². The largest absolute Gasteiger partial charge is 0.489 e. The average Bonchev–Trinajstić information content (AvgIpc) is 3.47. The lowest BCUT2D eigenvalue weighted by molar-refractivity contribution is -0.117. The standard InChI is InChI=1S/C31H25N3O3/c35-29(33-22-14-16-23(17-15-22)37-20-21-8-2-1-3-9-21)19-34-30(25-11-4-5-12-26(25)31(34)36)27-18-32-28-13-7-6-10-24(27)28/h1-18,30,32H,19-20H2,(H,33,35). The van der Waals surface area contributed by atoms with Gasteiger partial charge in [-0.05, 0) is 47.5 Å². The number of carbonyl (C=O) groups excluding carboxylic acids is 2. The van der Waals surface area contributed by atoms with Crippen LogP contribution in [0.5, 0.6) is 5.75 Å². The molecule has 6 rings (SSSR count). The Morgan fingerprint density at radius 1 is 0.838 bits per heavy atom. The van der Waals surface area contributed by atoms with Crippen LogP contribution in [0.15, 0.2) is 109 Å². The number of benzene rings is 4. The fraction of sp³-hybridized carbons (Fsp3) is 0.0968. The van der Waals surface area contributed by atoms with Crippen molar-refractivity contribution in [1.29, 1.82) is 0 Å². The molecule has 0 bridgehead atoms. The number of rotatable bonds is 7. The number of hydrogen-bond donors (Lipinski definition) is 2. The molecule has 1 aliphatic heterocycles. The van der Waals surface area contributed by atoms with E-state index in [-0.39, 0.29) is 24.4 Å². The molecule has 0 radical (unpaired) electrons. The minimum Gasteiger partial charge on any atom is -0.489 e. The van der Waals surface area contributed by atoms with E-state index >= 15 is 0 Å². The molecular weight excluding hydrogens is 462 g/mol. The van der Waals surface area contributed by atoms with Crippen LogP contribution in [-0.4, -0.2) is 28.2 Å². The highest BCUT2D eigenvalue weighted by Crippen LogP contribution is 2.40. The molecule has 0 spiro atoms. The Bertz CT molecular complexity index is 1570. The van der Waals surface area contributed by atoms with Crippen LogP contribution in [0, 0.1) is 0 Å². The second-order valence-electron chi connectivity index (χ2n) is 9.06. The number of fused-ring (bicyclic) bond motifs is 2. The zero-order valence-corrected chi connectivity index (χ0v) is 20.1. The summed E-state index contributed by atoms with van der Waals surface area (Å²) in [5.41, 5.74) is 5.23. The summed E-state index contributed by atoms with van der Waals surface area (Å²) in [6, 6.07) is 32.4. The van der Waals surface area contributed by atoms with Crippen molar-refractivity contribution in [3.63, 3.8) is 0 Å². The Morgan fingerprint density at radius 3 is 2.41 bits per heavy atom. The summed E-state index contributed by atoms with van der Waals surface area (Å²) in [7, 11) is 0. The van der Waals surface area contributed by atoms with Gasteiger partial charge >= 0.3 is 0 Å². The van der Waals surface area contributed by atoms with Crippen molar-refractivity contribution in [3.8, 4) is 5.75 Å². The molecule has 37 heavy (non-hydrogen) atoms. The van der Waals surface area contributed by atoms with Crippen LogP contribution >= 0.6 is 0 Å². The van der Waals surface area contributed by atoms with E-state index in [0.717, 1.165) is 27.6 Å². The predicted octanol–water partition coefficient (Wildman–Crippen LogP) is 5.93. The minimum atomic E-state index is -0.348. The lowest BCUT2D eigenvalue weighted by atomic mass is 9.97. The third-order valence-corrected chi connectivity index (χ3v) is 6.67. The number of ether oxygens (including phenoxy) is 1. The number of anilines is 1. The number of nitrogens with one attached hydrogen (secondary N) is 2. The fourth-order valence-corrected chi connectivity index (χ4v) is 4.92. The number of amides is 2. The molecule has 0 saturated carbocycles. The Kier molecular flexibility index (Phi) is 5.91. The molecule has 2 amide bonds. The molecular formula is C31H25N3O3. The van der Waals surface area contributed by atoms with Gasteiger partial charge in [0.1, 0.15) is 18.9 Å². The SMILES string of the molecule is O=C(CN1C(=O)c2ccccc2C1c1c[nH]c2ccccc12)Nc1ccc(OCc2ccccc2)cc1.